The van der Waals surface area contributed by atoms with Gasteiger partial charge in [0.25, 0.3) is 0 Å². The average molecular weight is 509 g/mol. The van der Waals surface area contributed by atoms with Crippen LogP contribution in [-0.4, -0.2) is 73.6 Å². The van der Waals surface area contributed by atoms with Crippen molar-refractivity contribution < 1.29 is 23.5 Å². The van der Waals surface area contributed by atoms with Crippen molar-refractivity contribution in [3.63, 3.8) is 0 Å². The first kappa shape index (κ1) is 24.7. The average Bonchev–Trinajstić information content (AvgIpc) is 3.65. The third-order valence-electron chi connectivity index (χ3n) is 6.96. The summed E-state index contributed by atoms with van der Waals surface area (Å²) in [6.45, 7) is 2.47. The quantitative estimate of drug-likeness (QED) is 0.502. The van der Waals surface area contributed by atoms with Crippen LogP contribution in [0.2, 0.25) is 0 Å². The van der Waals surface area contributed by atoms with E-state index in [0.29, 0.717) is 60.9 Å². The van der Waals surface area contributed by atoms with Gasteiger partial charge in [-0.2, -0.15) is 4.98 Å². The van der Waals surface area contributed by atoms with Crippen LogP contribution in [0.5, 0.6) is 17.2 Å². The normalized spacial score (nSPS) is 16.1. The molecule has 0 unspecified atom stereocenters. The van der Waals surface area contributed by atoms with Gasteiger partial charge in [-0.15, -0.1) is 0 Å². The maximum atomic E-state index is 12.9. The Morgan fingerprint density at radius 2 is 1.70 bits per heavy atom. The van der Waals surface area contributed by atoms with Gasteiger partial charge >= 0.3 is 6.03 Å². The lowest BCUT2D eigenvalue weighted by Crippen LogP contribution is -2.50. The molecule has 11 nitrogen and oxygen atoms in total. The van der Waals surface area contributed by atoms with Gasteiger partial charge in [0.15, 0.2) is 11.5 Å². The van der Waals surface area contributed by atoms with Gasteiger partial charge in [0.1, 0.15) is 5.82 Å². The van der Waals surface area contributed by atoms with E-state index in [4.69, 9.17) is 18.7 Å². The minimum atomic E-state index is -0.188. The number of anilines is 2. The SMILES string of the molecule is COc1cc(NC(=O)N2CCN(c3ccc(-c4noc(C5CCCC5)n4)cn3)CC2)cc(OC)c1OC. The number of hydrogen-bond acceptors (Lipinski definition) is 9. The fraction of sp³-hybridized carbons (Fsp3) is 0.462. The highest BCUT2D eigenvalue weighted by Crippen LogP contribution is 2.40. The number of nitrogens with one attached hydrogen (secondary N) is 1. The van der Waals surface area contributed by atoms with Crippen LogP contribution in [0.15, 0.2) is 35.0 Å². The van der Waals surface area contributed by atoms with E-state index in [9.17, 15) is 4.79 Å². The molecule has 2 fully saturated rings. The van der Waals surface area contributed by atoms with E-state index in [1.54, 1.807) is 44.6 Å². The summed E-state index contributed by atoms with van der Waals surface area (Å²) >= 11 is 0. The molecular formula is C26H32N6O5. The summed E-state index contributed by atoms with van der Waals surface area (Å²) in [6, 6.07) is 7.16. The Hall–Kier alpha value is -4.02. The highest BCUT2D eigenvalue weighted by atomic mass is 16.5. The Labute approximate surface area is 215 Å². The van der Waals surface area contributed by atoms with E-state index in [0.717, 1.165) is 30.1 Å². The van der Waals surface area contributed by atoms with Gasteiger partial charge in [-0.3, -0.25) is 0 Å². The van der Waals surface area contributed by atoms with Crippen molar-refractivity contribution >= 4 is 17.5 Å². The molecule has 1 aliphatic heterocycles. The third-order valence-corrected chi connectivity index (χ3v) is 6.96. The Bertz CT molecular complexity index is 1190. The zero-order chi connectivity index (χ0) is 25.8. The summed E-state index contributed by atoms with van der Waals surface area (Å²) in [5, 5.41) is 7.08. The van der Waals surface area contributed by atoms with Gasteiger partial charge in [-0.05, 0) is 25.0 Å². The van der Waals surface area contributed by atoms with Crippen molar-refractivity contribution in [3.8, 4) is 28.6 Å². The maximum Gasteiger partial charge on any atom is 0.321 e. The van der Waals surface area contributed by atoms with Crippen molar-refractivity contribution in [2.75, 3.05) is 57.7 Å². The Morgan fingerprint density at radius 1 is 1.00 bits per heavy atom. The number of piperazine rings is 1. The molecule has 1 aliphatic carbocycles. The van der Waals surface area contributed by atoms with Crippen molar-refractivity contribution in [2.45, 2.75) is 31.6 Å². The maximum absolute atomic E-state index is 12.9. The molecule has 196 valence electrons. The molecule has 5 rings (SSSR count). The fourth-order valence-corrected chi connectivity index (χ4v) is 4.89. The van der Waals surface area contributed by atoms with Gasteiger partial charge in [0.05, 0.1) is 27.0 Å². The van der Waals surface area contributed by atoms with E-state index in [1.807, 2.05) is 12.1 Å². The number of nitrogens with zero attached hydrogens (tertiary/aromatic N) is 5. The Kier molecular flexibility index (Phi) is 7.29. The summed E-state index contributed by atoms with van der Waals surface area (Å²) in [4.78, 5) is 26.1. The molecule has 0 atom stereocenters. The molecule has 1 saturated carbocycles. The lowest BCUT2D eigenvalue weighted by molar-refractivity contribution is 0.208. The van der Waals surface area contributed by atoms with Crippen LogP contribution in [0.25, 0.3) is 11.4 Å². The highest BCUT2D eigenvalue weighted by molar-refractivity contribution is 5.90. The van der Waals surface area contributed by atoms with Crippen molar-refractivity contribution in [3.05, 3.63) is 36.4 Å². The second-order valence-corrected chi connectivity index (χ2v) is 9.16. The van der Waals surface area contributed by atoms with E-state index in [1.165, 1.54) is 12.8 Å². The van der Waals surface area contributed by atoms with Gasteiger partial charge in [-0.1, -0.05) is 18.0 Å². The zero-order valence-electron chi connectivity index (χ0n) is 21.4. The molecule has 11 heteroatoms. The number of carbonyl (C=O) groups is 1. The summed E-state index contributed by atoms with van der Waals surface area (Å²) < 4.78 is 21.6. The summed E-state index contributed by atoms with van der Waals surface area (Å²) in [5.74, 6) is 3.98. The number of methoxy groups -OCH3 is 3. The lowest BCUT2D eigenvalue weighted by atomic mass is 10.1. The lowest BCUT2D eigenvalue weighted by Gasteiger charge is -2.35. The predicted octanol–water partition coefficient (Wildman–Crippen LogP) is 4.17. The van der Waals surface area contributed by atoms with Crippen LogP contribution in [-0.2, 0) is 0 Å². The summed E-state index contributed by atoms with van der Waals surface area (Å²) in [7, 11) is 4.62. The number of benzene rings is 1. The summed E-state index contributed by atoms with van der Waals surface area (Å²) in [5.41, 5.74) is 1.40. The smallest absolute Gasteiger partial charge is 0.321 e. The second kappa shape index (κ2) is 10.9. The molecule has 0 radical (unpaired) electrons. The predicted molar refractivity (Wildman–Crippen MR) is 138 cm³/mol. The standard InChI is InChI=1S/C26H32N6O5/c1-34-20-14-19(15-21(35-2)23(20)36-3)28-26(33)32-12-10-31(11-13-32)22-9-8-18(16-27-22)24-29-25(37-30-24)17-6-4-5-7-17/h8-9,14-17H,4-7,10-13H2,1-3H3,(H,28,33). The van der Waals surface area contributed by atoms with Crippen LogP contribution >= 0.6 is 0 Å². The third kappa shape index (κ3) is 5.25. The topological polar surface area (TPSA) is 115 Å². The van der Waals surface area contributed by atoms with Crippen LogP contribution in [0.4, 0.5) is 16.3 Å². The number of aromatic nitrogens is 3. The molecule has 1 N–H and O–H groups in total. The van der Waals surface area contributed by atoms with Crippen molar-refractivity contribution in [1.82, 2.24) is 20.0 Å². The fourth-order valence-electron chi connectivity index (χ4n) is 4.89. The van der Waals surface area contributed by atoms with Crippen LogP contribution in [0.3, 0.4) is 0 Å². The molecule has 1 aromatic carbocycles. The molecule has 2 aromatic heterocycles. The highest BCUT2D eigenvalue weighted by Gasteiger charge is 2.25. The first-order valence-corrected chi connectivity index (χ1v) is 12.5. The number of hydrogen-bond donors (Lipinski definition) is 1. The zero-order valence-corrected chi connectivity index (χ0v) is 21.4. The van der Waals surface area contributed by atoms with Gasteiger partial charge < -0.3 is 33.9 Å². The van der Waals surface area contributed by atoms with Gasteiger partial charge in [-0.25, -0.2) is 9.78 Å². The van der Waals surface area contributed by atoms with E-state index in [-0.39, 0.29) is 6.03 Å². The van der Waals surface area contributed by atoms with Crippen LogP contribution in [0, 0.1) is 0 Å². The minimum Gasteiger partial charge on any atom is -0.493 e. The second-order valence-electron chi connectivity index (χ2n) is 9.16. The van der Waals surface area contributed by atoms with Crippen LogP contribution < -0.4 is 24.4 Å². The largest absolute Gasteiger partial charge is 0.493 e. The summed E-state index contributed by atoms with van der Waals surface area (Å²) in [6.07, 6.45) is 6.45. The van der Waals surface area contributed by atoms with Crippen LogP contribution in [0.1, 0.15) is 37.5 Å². The first-order chi connectivity index (χ1) is 18.1. The molecule has 1 saturated heterocycles. The molecule has 0 bridgehead atoms. The first-order valence-electron chi connectivity index (χ1n) is 12.5. The molecule has 3 aromatic rings. The Balaban J connectivity index is 1.17. The molecule has 3 heterocycles. The van der Waals surface area contributed by atoms with E-state index in [2.05, 4.69) is 25.3 Å². The molecule has 2 amide bonds. The number of ether oxygens (including phenoxy) is 3. The molecule has 2 aliphatic rings. The van der Waals surface area contributed by atoms with Gasteiger partial charge in [0, 0.05) is 56.0 Å². The molecule has 37 heavy (non-hydrogen) atoms. The number of urea groups is 1. The number of pyridine rings is 1. The molecule has 0 spiro atoms. The minimum absolute atomic E-state index is 0.188. The van der Waals surface area contributed by atoms with E-state index >= 15 is 0 Å². The molecular weight excluding hydrogens is 476 g/mol. The number of carbonyl (C=O) groups excluding carboxylic acids is 1. The Morgan fingerprint density at radius 3 is 2.30 bits per heavy atom. The van der Waals surface area contributed by atoms with Gasteiger partial charge in [0.2, 0.25) is 17.5 Å². The number of rotatable bonds is 7. The number of amides is 2. The van der Waals surface area contributed by atoms with Crippen molar-refractivity contribution in [1.29, 1.82) is 0 Å². The van der Waals surface area contributed by atoms with Crippen molar-refractivity contribution in [2.24, 2.45) is 0 Å². The monoisotopic (exact) mass is 508 g/mol. The van der Waals surface area contributed by atoms with E-state index < -0.39 is 0 Å².